The first-order valence-electron chi connectivity index (χ1n) is 11.1. The highest BCUT2D eigenvalue weighted by molar-refractivity contribution is 7.78. The van der Waals surface area contributed by atoms with E-state index in [1.54, 1.807) is 6.92 Å². The van der Waals surface area contributed by atoms with Gasteiger partial charge in [0.05, 0.1) is 11.2 Å². The number of fused-ring (bicyclic) bond motifs is 5. The maximum Gasteiger partial charge on any atom is 0.302 e. The Morgan fingerprint density at radius 2 is 1.97 bits per heavy atom. The zero-order valence-corrected chi connectivity index (χ0v) is 18.9. The lowest BCUT2D eigenvalue weighted by Crippen LogP contribution is -2.51. The van der Waals surface area contributed by atoms with Gasteiger partial charge < -0.3 is 4.74 Å². The monoisotopic (exact) mass is 415 g/mol. The molecule has 0 radical (unpaired) electrons. The Hall–Kier alpha value is -1.32. The molecule has 4 nitrogen and oxygen atoms in total. The fourth-order valence-corrected chi connectivity index (χ4v) is 8.04. The summed E-state index contributed by atoms with van der Waals surface area (Å²) in [5, 5.41) is 2.57. The number of thiocarbonyl (C=S) groups is 1. The minimum absolute atomic E-state index is 0.00312. The molecule has 0 N–H and O–H groups in total. The molecule has 0 aromatic rings. The number of ether oxygens (including phenoxy) is 1. The second-order valence-electron chi connectivity index (χ2n) is 10.4. The van der Waals surface area contributed by atoms with Crippen LogP contribution in [0.3, 0.4) is 0 Å². The molecule has 4 rings (SSSR count). The number of carbonyl (C=O) groups excluding carboxylic acids is 2. The van der Waals surface area contributed by atoms with Gasteiger partial charge in [0, 0.05) is 19.3 Å². The smallest absolute Gasteiger partial charge is 0.302 e. The number of rotatable bonds is 3. The van der Waals surface area contributed by atoms with Crippen LogP contribution in [0.1, 0.15) is 72.6 Å². The molecule has 158 valence electrons. The van der Waals surface area contributed by atoms with Gasteiger partial charge in [0.1, 0.15) is 11.9 Å². The summed E-state index contributed by atoms with van der Waals surface area (Å²) in [5.74, 6) is 1.80. The van der Waals surface area contributed by atoms with E-state index < -0.39 is 0 Å². The standard InChI is InChI=1S/C24H33NO3S/c1-14(26)22-21(25-13-29)12-20-18-6-5-16-11-17(28-15(2)27)7-9-23(16,3)19(18)8-10-24(20,22)4/h5,17-22H,6-12H2,1-4H3. The zero-order chi connectivity index (χ0) is 21.0. The van der Waals surface area contributed by atoms with Crippen LogP contribution in [0.4, 0.5) is 0 Å². The van der Waals surface area contributed by atoms with E-state index >= 15 is 0 Å². The summed E-state index contributed by atoms with van der Waals surface area (Å²) in [4.78, 5) is 28.5. The van der Waals surface area contributed by atoms with E-state index in [0.29, 0.717) is 17.8 Å². The average Bonchev–Trinajstić information content (AvgIpc) is 2.94. The third kappa shape index (κ3) is 3.25. The van der Waals surface area contributed by atoms with Gasteiger partial charge in [-0.05, 0) is 86.3 Å². The molecule has 0 spiro atoms. The van der Waals surface area contributed by atoms with E-state index in [-0.39, 0.29) is 40.6 Å². The predicted molar refractivity (Wildman–Crippen MR) is 116 cm³/mol. The van der Waals surface area contributed by atoms with Crippen LogP contribution in [0.5, 0.6) is 0 Å². The molecule has 0 aromatic heterocycles. The molecule has 29 heavy (non-hydrogen) atoms. The Labute approximate surface area is 179 Å². The lowest BCUT2D eigenvalue weighted by Gasteiger charge is -2.57. The Bertz CT molecular complexity index is 800. The molecule has 5 heteroatoms. The van der Waals surface area contributed by atoms with Crippen molar-refractivity contribution in [3.63, 3.8) is 0 Å². The van der Waals surface area contributed by atoms with Crippen LogP contribution in [0.15, 0.2) is 16.6 Å². The number of aliphatic imine (C=N–C) groups is 1. The summed E-state index contributed by atoms with van der Waals surface area (Å²) >= 11 is 4.91. The van der Waals surface area contributed by atoms with E-state index in [1.165, 1.54) is 18.9 Å². The highest BCUT2D eigenvalue weighted by Gasteiger charge is 2.62. The Balaban J connectivity index is 1.63. The minimum atomic E-state index is -0.173. The fraction of sp³-hybridized carbons (Fsp3) is 0.792. The third-order valence-corrected chi connectivity index (χ3v) is 9.18. The molecule has 0 heterocycles. The van der Waals surface area contributed by atoms with E-state index in [9.17, 15) is 9.59 Å². The highest BCUT2D eigenvalue weighted by Crippen LogP contribution is 2.66. The van der Waals surface area contributed by atoms with Gasteiger partial charge in [0.25, 0.3) is 0 Å². The van der Waals surface area contributed by atoms with Gasteiger partial charge in [-0.25, -0.2) is 4.99 Å². The first-order chi connectivity index (χ1) is 13.7. The zero-order valence-electron chi connectivity index (χ0n) is 18.1. The molecular formula is C24H33NO3S. The van der Waals surface area contributed by atoms with Gasteiger partial charge in [-0.15, -0.1) is 0 Å². The van der Waals surface area contributed by atoms with Crippen LogP contribution < -0.4 is 0 Å². The van der Waals surface area contributed by atoms with Crippen molar-refractivity contribution in [2.24, 2.45) is 39.5 Å². The van der Waals surface area contributed by atoms with Gasteiger partial charge >= 0.3 is 5.97 Å². The lowest BCUT2D eigenvalue weighted by atomic mass is 9.47. The fourth-order valence-electron chi connectivity index (χ4n) is 7.91. The van der Waals surface area contributed by atoms with Crippen LogP contribution in [-0.2, 0) is 14.3 Å². The van der Waals surface area contributed by atoms with Crippen molar-refractivity contribution in [1.29, 1.82) is 0 Å². The number of nitrogens with zero attached hydrogens (tertiary/aromatic N) is 1. The molecule has 4 aliphatic carbocycles. The number of ketones is 1. The highest BCUT2D eigenvalue weighted by atomic mass is 32.1. The van der Waals surface area contributed by atoms with Crippen LogP contribution in [0.2, 0.25) is 0 Å². The average molecular weight is 416 g/mol. The summed E-state index contributed by atoms with van der Waals surface area (Å²) in [7, 11) is 0. The van der Waals surface area contributed by atoms with Crippen molar-refractivity contribution in [3.05, 3.63) is 11.6 Å². The number of Topliss-reactive ketones (excluding diaryl/α,β-unsaturated/α-hetero) is 1. The van der Waals surface area contributed by atoms with Crippen molar-refractivity contribution in [2.75, 3.05) is 0 Å². The van der Waals surface area contributed by atoms with Gasteiger partial charge in [0.2, 0.25) is 0 Å². The molecule has 0 amide bonds. The minimum Gasteiger partial charge on any atom is -0.462 e. The molecule has 4 aliphatic rings. The summed E-state index contributed by atoms with van der Waals surface area (Å²) in [5.41, 5.74) is 1.71. The normalized spacial score (nSPS) is 45.7. The second kappa shape index (κ2) is 7.42. The van der Waals surface area contributed by atoms with Crippen LogP contribution in [-0.4, -0.2) is 29.1 Å². The maximum absolute atomic E-state index is 12.6. The number of hydrogen-bond acceptors (Lipinski definition) is 5. The molecule has 8 atom stereocenters. The first-order valence-corrected chi connectivity index (χ1v) is 11.6. The molecule has 0 aromatic carbocycles. The van der Waals surface area contributed by atoms with Crippen molar-refractivity contribution >= 4 is 29.1 Å². The van der Waals surface area contributed by atoms with E-state index in [1.807, 2.05) is 0 Å². The molecule has 8 unspecified atom stereocenters. The maximum atomic E-state index is 12.6. The summed E-state index contributed by atoms with van der Waals surface area (Å²) < 4.78 is 5.54. The van der Waals surface area contributed by atoms with Gasteiger partial charge in [-0.1, -0.05) is 25.5 Å². The number of hydrogen-bond donors (Lipinski definition) is 0. The van der Waals surface area contributed by atoms with Crippen molar-refractivity contribution in [1.82, 2.24) is 0 Å². The van der Waals surface area contributed by atoms with Gasteiger partial charge in [-0.3, -0.25) is 9.59 Å². The van der Waals surface area contributed by atoms with Crippen molar-refractivity contribution in [3.8, 4) is 0 Å². The third-order valence-electron chi connectivity index (χ3n) is 9.08. The van der Waals surface area contributed by atoms with Crippen molar-refractivity contribution < 1.29 is 14.3 Å². The second-order valence-corrected chi connectivity index (χ2v) is 10.6. The Kier molecular flexibility index (Phi) is 5.36. The molecule has 3 fully saturated rings. The summed E-state index contributed by atoms with van der Waals surface area (Å²) in [6.45, 7) is 8.00. The Morgan fingerprint density at radius 1 is 1.21 bits per heavy atom. The van der Waals surface area contributed by atoms with E-state index in [2.05, 4.69) is 30.1 Å². The summed E-state index contributed by atoms with van der Waals surface area (Å²) in [6.07, 6.45) is 9.68. The number of esters is 1. The van der Waals surface area contributed by atoms with Crippen LogP contribution in [0, 0.1) is 34.5 Å². The molecule has 0 saturated heterocycles. The van der Waals surface area contributed by atoms with Gasteiger partial charge in [-0.2, -0.15) is 0 Å². The van der Waals surface area contributed by atoms with Crippen molar-refractivity contribution in [2.45, 2.75) is 84.8 Å². The first kappa shape index (κ1) is 20.9. The SMILES string of the molecule is CC(=O)OC1CCC2(C)C(=CCC3C2CCC2(C)C3CC(N=C=S)C2C(C)=O)C1. The predicted octanol–water partition coefficient (Wildman–Crippen LogP) is 5.17. The van der Waals surface area contributed by atoms with Crippen LogP contribution in [0.25, 0.3) is 0 Å². The largest absolute Gasteiger partial charge is 0.462 e. The molecular weight excluding hydrogens is 382 g/mol. The van der Waals surface area contributed by atoms with E-state index in [0.717, 1.165) is 38.5 Å². The lowest BCUT2D eigenvalue weighted by molar-refractivity contribution is -0.149. The molecule has 0 bridgehead atoms. The molecule has 3 saturated carbocycles. The Morgan fingerprint density at radius 3 is 2.62 bits per heavy atom. The number of isothiocyanates is 1. The number of carbonyl (C=O) groups is 2. The molecule has 0 aliphatic heterocycles. The summed E-state index contributed by atoms with van der Waals surface area (Å²) in [6, 6.07) is -0.00312. The van der Waals surface area contributed by atoms with Gasteiger partial charge in [0.15, 0.2) is 0 Å². The topological polar surface area (TPSA) is 55.7 Å². The van der Waals surface area contributed by atoms with E-state index in [4.69, 9.17) is 17.0 Å². The quantitative estimate of drug-likeness (QED) is 0.276. The number of allylic oxidation sites excluding steroid dienone is 1. The van der Waals surface area contributed by atoms with Crippen LogP contribution >= 0.6 is 12.2 Å².